The van der Waals surface area contributed by atoms with Crippen LogP contribution in [0.2, 0.25) is 0 Å². The molecule has 0 heterocycles. The van der Waals surface area contributed by atoms with Gasteiger partial charge in [0.15, 0.2) is 0 Å². The van der Waals surface area contributed by atoms with Gasteiger partial charge in [-0.2, -0.15) is 0 Å². The lowest BCUT2D eigenvalue weighted by Crippen LogP contribution is -2.16. The van der Waals surface area contributed by atoms with Gasteiger partial charge in [0, 0.05) is 0 Å². The second-order valence-corrected chi connectivity index (χ2v) is 6.31. The molecule has 0 saturated heterocycles. The maximum Gasteiger partial charge on any atom is -0.0170 e. The van der Waals surface area contributed by atoms with E-state index in [0.29, 0.717) is 10.8 Å². The van der Waals surface area contributed by atoms with E-state index in [2.05, 4.69) is 41.5 Å². The van der Waals surface area contributed by atoms with Crippen LogP contribution in [0.4, 0.5) is 0 Å². The number of hydrogen-bond donors (Lipinski definition) is 0. The first-order chi connectivity index (χ1) is 5.73. The maximum atomic E-state index is 2.35. The van der Waals surface area contributed by atoms with Crippen molar-refractivity contribution < 1.29 is 0 Å². The third-order valence-corrected chi connectivity index (χ3v) is 3.03. The summed E-state index contributed by atoms with van der Waals surface area (Å²) in [6.45, 7) is 14.1. The van der Waals surface area contributed by atoms with E-state index >= 15 is 0 Å². The first-order valence-electron chi connectivity index (χ1n) is 5.46. The number of rotatable bonds is 0. The van der Waals surface area contributed by atoms with Crippen LogP contribution in [0.3, 0.4) is 0 Å². The van der Waals surface area contributed by atoms with E-state index < -0.39 is 0 Å². The van der Waals surface area contributed by atoms with E-state index in [4.69, 9.17) is 0 Å². The molecule has 0 unspecified atom stereocenters. The number of allylic oxidation sites excluding steroid dienone is 2. The van der Waals surface area contributed by atoms with Gasteiger partial charge >= 0.3 is 0 Å². The third kappa shape index (κ3) is 2.87. The molecule has 0 atom stereocenters. The van der Waals surface area contributed by atoms with Gasteiger partial charge in [0.05, 0.1) is 0 Å². The van der Waals surface area contributed by atoms with E-state index in [1.54, 1.807) is 11.1 Å². The van der Waals surface area contributed by atoms with Crippen molar-refractivity contribution in [1.29, 1.82) is 0 Å². The largest absolute Gasteiger partial charge is 0.0776 e. The normalized spacial score (nSPS) is 18.4. The molecule has 0 fully saturated rings. The zero-order valence-electron chi connectivity index (χ0n) is 10.1. The van der Waals surface area contributed by atoms with Crippen LogP contribution in [-0.4, -0.2) is 0 Å². The fourth-order valence-corrected chi connectivity index (χ4v) is 2.40. The van der Waals surface area contributed by atoms with Crippen molar-refractivity contribution in [2.24, 2.45) is 10.8 Å². The molecule has 0 N–H and O–H groups in total. The van der Waals surface area contributed by atoms with Gasteiger partial charge in [0.2, 0.25) is 0 Å². The van der Waals surface area contributed by atoms with Gasteiger partial charge in [0.1, 0.15) is 0 Å². The Kier molecular flexibility index (Phi) is 4.01. The molecule has 0 saturated carbocycles. The second-order valence-electron chi connectivity index (χ2n) is 6.31. The van der Waals surface area contributed by atoms with Crippen molar-refractivity contribution in [1.82, 2.24) is 0 Å². The minimum absolute atomic E-state index is 0. The van der Waals surface area contributed by atoms with Gasteiger partial charge in [-0.1, -0.05) is 60.1 Å². The smallest absolute Gasteiger partial charge is 0.0170 e. The first kappa shape index (κ1) is 13.7. The fraction of sp³-hybridized carbons (Fsp3) is 0.857. The molecule has 0 bridgehead atoms. The molecule has 1 aliphatic rings. The summed E-state index contributed by atoms with van der Waals surface area (Å²) in [7, 11) is 0. The van der Waals surface area contributed by atoms with Crippen molar-refractivity contribution in [3.05, 3.63) is 11.1 Å². The minimum atomic E-state index is 0. The Morgan fingerprint density at radius 3 is 1.21 bits per heavy atom. The molecule has 14 heavy (non-hydrogen) atoms. The SMILES string of the molecule is C.CC(C)(C)C1=C(C(C)(C)C)CCC1. The molecule has 0 aromatic carbocycles. The van der Waals surface area contributed by atoms with Crippen molar-refractivity contribution in [3.8, 4) is 0 Å². The van der Waals surface area contributed by atoms with E-state index in [1.807, 2.05) is 0 Å². The lowest BCUT2D eigenvalue weighted by molar-refractivity contribution is 0.445. The molecular formula is C14H28. The summed E-state index contributed by atoms with van der Waals surface area (Å²) >= 11 is 0. The Bertz CT molecular complexity index is 193. The van der Waals surface area contributed by atoms with Crippen LogP contribution in [0.15, 0.2) is 11.1 Å². The fourth-order valence-electron chi connectivity index (χ4n) is 2.40. The third-order valence-electron chi connectivity index (χ3n) is 3.03. The lowest BCUT2D eigenvalue weighted by atomic mass is 9.76. The maximum absolute atomic E-state index is 2.35. The average molecular weight is 196 g/mol. The molecule has 1 rings (SSSR count). The quantitative estimate of drug-likeness (QED) is 0.467. The van der Waals surface area contributed by atoms with Crippen molar-refractivity contribution in [2.75, 3.05) is 0 Å². The molecule has 0 heteroatoms. The summed E-state index contributed by atoms with van der Waals surface area (Å²) in [5, 5.41) is 0. The Hall–Kier alpha value is -0.260. The van der Waals surface area contributed by atoms with E-state index in [-0.39, 0.29) is 7.43 Å². The minimum Gasteiger partial charge on any atom is -0.0776 e. The van der Waals surface area contributed by atoms with E-state index in [9.17, 15) is 0 Å². The van der Waals surface area contributed by atoms with Crippen LogP contribution in [0.25, 0.3) is 0 Å². The highest BCUT2D eigenvalue weighted by molar-refractivity contribution is 5.28. The highest BCUT2D eigenvalue weighted by atomic mass is 14.4. The highest BCUT2D eigenvalue weighted by Gasteiger charge is 2.30. The first-order valence-corrected chi connectivity index (χ1v) is 5.46. The molecule has 0 spiro atoms. The standard InChI is InChI=1S/C13H24.CH4/c1-12(2,3)10-8-7-9-11(10)13(4,5)6;/h7-9H2,1-6H3;1H4. The van der Waals surface area contributed by atoms with E-state index in [1.165, 1.54) is 19.3 Å². The molecule has 0 aromatic rings. The van der Waals surface area contributed by atoms with Crippen LogP contribution in [-0.2, 0) is 0 Å². The van der Waals surface area contributed by atoms with Crippen LogP contribution in [0.5, 0.6) is 0 Å². The Morgan fingerprint density at radius 1 is 0.714 bits per heavy atom. The van der Waals surface area contributed by atoms with E-state index in [0.717, 1.165) is 0 Å². The van der Waals surface area contributed by atoms with Crippen LogP contribution < -0.4 is 0 Å². The lowest BCUT2D eigenvalue weighted by Gasteiger charge is -2.29. The predicted molar refractivity (Wildman–Crippen MR) is 66.5 cm³/mol. The molecule has 0 aliphatic heterocycles. The summed E-state index contributed by atoms with van der Waals surface area (Å²) in [5.41, 5.74) is 4.22. The Morgan fingerprint density at radius 2 is 1.00 bits per heavy atom. The van der Waals surface area contributed by atoms with Crippen LogP contribution >= 0.6 is 0 Å². The van der Waals surface area contributed by atoms with Crippen LogP contribution in [0, 0.1) is 10.8 Å². The highest BCUT2D eigenvalue weighted by Crippen LogP contribution is 2.45. The van der Waals surface area contributed by atoms with Gasteiger partial charge in [-0.3, -0.25) is 0 Å². The second kappa shape index (κ2) is 4.08. The molecule has 0 amide bonds. The van der Waals surface area contributed by atoms with Gasteiger partial charge in [-0.15, -0.1) is 0 Å². The topological polar surface area (TPSA) is 0 Å². The Balaban J connectivity index is 0.00000169. The molecule has 1 aliphatic carbocycles. The van der Waals surface area contributed by atoms with Gasteiger partial charge in [-0.25, -0.2) is 0 Å². The summed E-state index contributed by atoms with van der Waals surface area (Å²) in [6, 6.07) is 0. The molecular weight excluding hydrogens is 168 g/mol. The molecule has 0 nitrogen and oxygen atoms in total. The van der Waals surface area contributed by atoms with Crippen molar-refractivity contribution in [3.63, 3.8) is 0 Å². The van der Waals surface area contributed by atoms with Crippen molar-refractivity contribution in [2.45, 2.75) is 68.2 Å². The van der Waals surface area contributed by atoms with Gasteiger partial charge < -0.3 is 0 Å². The monoisotopic (exact) mass is 196 g/mol. The summed E-state index contributed by atoms with van der Waals surface area (Å²) in [6.07, 6.45) is 4.03. The molecule has 84 valence electrons. The van der Waals surface area contributed by atoms with Crippen LogP contribution in [0.1, 0.15) is 68.2 Å². The summed E-state index contributed by atoms with van der Waals surface area (Å²) in [4.78, 5) is 0. The summed E-state index contributed by atoms with van der Waals surface area (Å²) < 4.78 is 0. The summed E-state index contributed by atoms with van der Waals surface area (Å²) in [5.74, 6) is 0. The van der Waals surface area contributed by atoms with Gasteiger partial charge in [-0.05, 0) is 30.1 Å². The number of hydrogen-bond acceptors (Lipinski definition) is 0. The average Bonchev–Trinajstić information content (AvgIpc) is 2.27. The zero-order valence-corrected chi connectivity index (χ0v) is 10.1. The molecule has 0 aromatic heterocycles. The van der Waals surface area contributed by atoms with Gasteiger partial charge in [0.25, 0.3) is 0 Å². The van der Waals surface area contributed by atoms with Crippen molar-refractivity contribution >= 4 is 0 Å². The molecule has 0 radical (unpaired) electrons. The Labute approximate surface area is 90.8 Å². The zero-order chi connectivity index (χ0) is 10.3. The predicted octanol–water partition coefficient (Wildman–Crippen LogP) is 5.20.